The molecule has 0 bridgehead atoms. The van der Waals surface area contributed by atoms with Crippen molar-refractivity contribution in [3.63, 3.8) is 0 Å². The first-order valence-corrected chi connectivity index (χ1v) is 21.7. The molecule has 5 aromatic rings. The average Bonchev–Trinajstić information content (AvgIpc) is 3.72. The van der Waals surface area contributed by atoms with Crippen LogP contribution in [0.5, 0.6) is 11.5 Å². The van der Waals surface area contributed by atoms with Crippen LogP contribution in [0.1, 0.15) is 97.5 Å². The van der Waals surface area contributed by atoms with Gasteiger partial charge in [-0.25, -0.2) is 4.98 Å². The Kier molecular flexibility index (Phi) is 15.9. The fourth-order valence-electron chi connectivity index (χ4n) is 8.30. The first-order chi connectivity index (χ1) is 30.5. The van der Waals surface area contributed by atoms with Crippen molar-refractivity contribution in [2.45, 2.75) is 95.9 Å². The fourth-order valence-corrected chi connectivity index (χ4v) is 8.30. The van der Waals surface area contributed by atoms with E-state index in [4.69, 9.17) is 18.9 Å². The molecule has 0 radical (unpaired) electrons. The molecule has 0 saturated carbocycles. The van der Waals surface area contributed by atoms with E-state index >= 15 is 0 Å². The topological polar surface area (TPSA) is 155 Å². The number of amides is 2. The Morgan fingerprint density at radius 2 is 1.40 bits per heavy atom. The highest BCUT2D eigenvalue weighted by Gasteiger charge is 2.42. The lowest BCUT2D eigenvalue weighted by molar-refractivity contribution is -0.150. The van der Waals surface area contributed by atoms with Crippen molar-refractivity contribution >= 4 is 34.6 Å². The molecule has 1 aliphatic rings. The smallest absolute Gasteiger partial charge is 0.306 e. The van der Waals surface area contributed by atoms with Crippen molar-refractivity contribution in [2.75, 3.05) is 34.4 Å². The minimum Gasteiger partial charge on any atom is -0.497 e. The zero-order valence-corrected chi connectivity index (χ0v) is 36.9. The number of hydrogen-bond donors (Lipinski definition) is 1. The number of aromatic nitrogens is 2. The molecule has 13 heteroatoms. The Hall–Kier alpha value is -6.34. The van der Waals surface area contributed by atoms with Crippen LogP contribution in [0.2, 0.25) is 0 Å². The van der Waals surface area contributed by atoms with Gasteiger partial charge in [-0.3, -0.25) is 24.0 Å². The van der Waals surface area contributed by atoms with Gasteiger partial charge in [0.05, 0.1) is 50.8 Å². The number of aryl methyl sites for hydroxylation is 2. The molecular weight excluding hydrogens is 801 g/mol. The van der Waals surface area contributed by atoms with Crippen LogP contribution in [0.3, 0.4) is 0 Å². The maximum absolute atomic E-state index is 14.1. The number of pyridine rings is 2. The summed E-state index contributed by atoms with van der Waals surface area (Å²) in [4.78, 5) is 71.7. The number of methoxy groups -OCH3 is 2. The number of likely N-dealkylation sites (tertiary alicyclic amines) is 1. The van der Waals surface area contributed by atoms with Crippen LogP contribution in [0.25, 0.3) is 11.0 Å². The van der Waals surface area contributed by atoms with E-state index in [1.54, 1.807) is 37.4 Å². The van der Waals surface area contributed by atoms with E-state index in [9.17, 15) is 24.0 Å². The number of esters is 1. The maximum atomic E-state index is 14.1. The highest BCUT2D eigenvalue weighted by molar-refractivity contribution is 5.98. The lowest BCUT2D eigenvalue weighted by Gasteiger charge is -2.38. The largest absolute Gasteiger partial charge is 0.497 e. The molecule has 0 unspecified atom stereocenters. The van der Waals surface area contributed by atoms with E-state index in [1.165, 1.54) is 7.05 Å². The summed E-state index contributed by atoms with van der Waals surface area (Å²) in [6, 6.07) is 28.4. The molecule has 0 spiro atoms. The molecule has 1 N–H and O–H groups in total. The quantitative estimate of drug-likeness (QED) is 0.0344. The molecular formula is C50H58N4O9. The Labute approximate surface area is 368 Å². The van der Waals surface area contributed by atoms with Gasteiger partial charge in [-0.1, -0.05) is 67.4 Å². The van der Waals surface area contributed by atoms with E-state index in [2.05, 4.69) is 10.3 Å². The van der Waals surface area contributed by atoms with E-state index in [0.717, 1.165) is 22.4 Å². The summed E-state index contributed by atoms with van der Waals surface area (Å²) in [6.45, 7) is 4.69. The van der Waals surface area contributed by atoms with Crippen LogP contribution in [-0.2, 0) is 36.0 Å². The summed E-state index contributed by atoms with van der Waals surface area (Å²) in [5.41, 5.74) is 2.68. The third-order valence-corrected chi connectivity index (χ3v) is 11.7. The molecule has 63 heavy (non-hydrogen) atoms. The van der Waals surface area contributed by atoms with Gasteiger partial charge in [-0.05, 0) is 79.8 Å². The fraction of sp³-hybridized carbons (Fsp3) is 0.400. The molecule has 2 atom stereocenters. The third-order valence-electron chi connectivity index (χ3n) is 11.7. The number of nitrogens with one attached hydrogen (secondary N) is 1. The first kappa shape index (κ1) is 46.2. The number of fused-ring (bicyclic) bond motifs is 1. The second-order valence-corrected chi connectivity index (χ2v) is 15.9. The van der Waals surface area contributed by atoms with Crippen LogP contribution >= 0.6 is 0 Å². The van der Waals surface area contributed by atoms with Crippen molar-refractivity contribution in [1.29, 1.82) is 0 Å². The van der Waals surface area contributed by atoms with Gasteiger partial charge >= 0.3 is 5.97 Å². The Bertz CT molecular complexity index is 2370. The van der Waals surface area contributed by atoms with E-state index < -0.39 is 23.7 Å². The number of ketones is 1. The number of unbranched alkanes of at least 4 members (excludes halogenated alkanes) is 3. The van der Waals surface area contributed by atoms with Crippen LogP contribution in [0, 0.1) is 6.92 Å². The van der Waals surface area contributed by atoms with Crippen LogP contribution in [-0.4, -0.2) is 84.6 Å². The van der Waals surface area contributed by atoms with Crippen LogP contribution in [0.15, 0.2) is 102 Å². The Morgan fingerprint density at radius 3 is 2.00 bits per heavy atom. The zero-order valence-electron chi connectivity index (χ0n) is 36.9. The molecule has 1 fully saturated rings. The van der Waals surface area contributed by atoms with Crippen molar-refractivity contribution < 1.29 is 38.1 Å². The maximum Gasteiger partial charge on any atom is 0.306 e. The normalized spacial score (nSPS) is 15.0. The van der Waals surface area contributed by atoms with Gasteiger partial charge < -0.3 is 33.7 Å². The van der Waals surface area contributed by atoms with E-state index in [0.29, 0.717) is 61.2 Å². The Balaban J connectivity index is 1.17. The van der Waals surface area contributed by atoms with Gasteiger partial charge in [0.15, 0.2) is 5.78 Å². The van der Waals surface area contributed by atoms with Crippen LogP contribution < -0.4 is 20.2 Å². The second-order valence-electron chi connectivity index (χ2n) is 15.9. The lowest BCUT2D eigenvalue weighted by atomic mass is 9.80. The number of carbonyl (C=O) groups excluding carboxylic acids is 4. The van der Waals surface area contributed by atoms with Gasteiger partial charge in [-0.15, -0.1) is 0 Å². The predicted molar refractivity (Wildman–Crippen MR) is 240 cm³/mol. The second kappa shape index (κ2) is 21.6. The molecule has 13 nitrogen and oxygen atoms in total. The molecule has 0 aliphatic carbocycles. The highest BCUT2D eigenvalue weighted by Crippen LogP contribution is 2.42. The molecule has 3 heterocycles. The van der Waals surface area contributed by atoms with Gasteiger partial charge in [0.1, 0.15) is 28.9 Å². The molecule has 3 aromatic carbocycles. The molecule has 2 aromatic heterocycles. The Morgan fingerprint density at radius 1 is 0.778 bits per heavy atom. The van der Waals surface area contributed by atoms with Gasteiger partial charge in [0.2, 0.25) is 17.2 Å². The monoisotopic (exact) mass is 858 g/mol. The number of Topliss-reactive ketones (excluding diaryl/α,β-unsaturated/α-hetero) is 1. The number of nitrogens with zero attached hydrogens (tertiary/aromatic N) is 3. The zero-order chi connectivity index (χ0) is 44.9. The van der Waals surface area contributed by atoms with Crippen LogP contribution in [0.4, 0.5) is 0 Å². The molecule has 1 saturated heterocycles. The summed E-state index contributed by atoms with van der Waals surface area (Å²) in [5.74, 6) is 0.312. The minimum absolute atomic E-state index is 0.00238. The van der Waals surface area contributed by atoms with Gasteiger partial charge in [0.25, 0.3) is 0 Å². The van der Waals surface area contributed by atoms with Crippen molar-refractivity contribution in [2.24, 2.45) is 0 Å². The van der Waals surface area contributed by atoms with Crippen molar-refractivity contribution in [3.8, 4) is 11.5 Å². The summed E-state index contributed by atoms with van der Waals surface area (Å²) < 4.78 is 25.9. The van der Waals surface area contributed by atoms with Crippen molar-refractivity contribution in [1.82, 2.24) is 19.8 Å². The van der Waals surface area contributed by atoms with Gasteiger partial charge in [0, 0.05) is 51.2 Å². The number of rotatable bonds is 21. The van der Waals surface area contributed by atoms with Gasteiger partial charge in [-0.2, -0.15) is 0 Å². The first-order valence-electron chi connectivity index (χ1n) is 21.7. The molecule has 6 rings (SSSR count). The average molecular weight is 859 g/mol. The summed E-state index contributed by atoms with van der Waals surface area (Å²) in [5, 5.41) is 2.96. The number of hydrogen-bond acceptors (Lipinski definition) is 10. The van der Waals surface area contributed by atoms with Crippen molar-refractivity contribution in [3.05, 3.63) is 135 Å². The SMILES string of the molecule is CCn1cc(C(=O)CCCCCCC(=O)N2C[C@H](OC(=O)CCC(=O)NC)C[C@H]2COC(c2ccccc2)(c2ccc(OC)cc2)c2ccc(OC)cc2)c(=O)c2ccc(C)nc21. The minimum atomic E-state index is -1.12. The number of benzene rings is 3. The summed E-state index contributed by atoms with van der Waals surface area (Å²) in [6.07, 6.45) is 4.36. The third kappa shape index (κ3) is 11.0. The number of carbonyl (C=O) groups is 4. The molecule has 1 aliphatic heterocycles. The lowest BCUT2D eigenvalue weighted by Crippen LogP contribution is -2.42. The standard InChI is InChI=1S/C50H58N4O9/c1-6-53-32-43(48(59)42-27-18-34(2)52-49(42)53)44(55)16-12-7-8-13-17-46(57)54-31-41(63-47(58)29-28-45(56)51-3)30-38(54)33-62-50(35-14-10-9-11-15-35,36-19-23-39(60-4)24-20-36)37-21-25-40(61-5)26-22-37/h9-11,14-15,18-27,32,38,41H,6-8,12-13,16-17,28-31,33H2,1-5H3,(H,51,56)/t38-,41+/m0/s1. The number of ether oxygens (including phenoxy) is 4. The van der Waals surface area contributed by atoms with E-state index in [-0.39, 0.29) is 67.4 Å². The molecule has 332 valence electrons. The van der Waals surface area contributed by atoms with E-state index in [1.807, 2.05) is 97.3 Å². The predicted octanol–water partition coefficient (Wildman–Crippen LogP) is 7.31. The highest BCUT2D eigenvalue weighted by atomic mass is 16.5. The molecule has 2 amide bonds. The summed E-state index contributed by atoms with van der Waals surface area (Å²) >= 11 is 0. The summed E-state index contributed by atoms with van der Waals surface area (Å²) in [7, 11) is 4.75.